The van der Waals surface area contributed by atoms with Crippen molar-refractivity contribution in [3.8, 4) is 0 Å². The third kappa shape index (κ3) is 3.88. The van der Waals surface area contributed by atoms with Crippen molar-refractivity contribution in [2.45, 2.75) is 45.5 Å². The van der Waals surface area contributed by atoms with Crippen molar-refractivity contribution < 1.29 is 4.43 Å². The highest BCUT2D eigenvalue weighted by Gasteiger charge is 2.37. The molecule has 0 N–H and O–H groups in total. The molecule has 0 aliphatic heterocycles. The van der Waals surface area contributed by atoms with E-state index in [9.17, 15) is 0 Å². The Labute approximate surface area is 122 Å². The fourth-order valence-corrected chi connectivity index (χ4v) is 2.71. The summed E-state index contributed by atoms with van der Waals surface area (Å²) >= 11 is 6.93. The standard InChI is InChI=1S/C12H19Br2NOSi/c1-12(2,3)17(4,5)16-8-9-6-7-15-11(14)10(9)13/h6-7H,8H2,1-5H3. The highest BCUT2D eigenvalue weighted by atomic mass is 79.9. The SMILES string of the molecule is CC(C)(C)[Si](C)(C)OCc1ccnc(Br)c1Br. The minimum Gasteiger partial charge on any atom is -0.413 e. The molecule has 0 atom stereocenters. The zero-order chi connectivity index (χ0) is 13.3. The average Bonchev–Trinajstić information content (AvgIpc) is 2.18. The quantitative estimate of drug-likeness (QED) is 0.535. The maximum Gasteiger partial charge on any atom is 0.192 e. The van der Waals surface area contributed by atoms with Gasteiger partial charge in [0.25, 0.3) is 0 Å². The number of aromatic nitrogens is 1. The van der Waals surface area contributed by atoms with Crippen LogP contribution in [0.15, 0.2) is 21.3 Å². The summed E-state index contributed by atoms with van der Waals surface area (Å²) in [6.45, 7) is 11.9. The Morgan fingerprint density at radius 2 is 1.88 bits per heavy atom. The minimum absolute atomic E-state index is 0.240. The molecule has 0 saturated heterocycles. The Bertz CT molecular complexity index is 402. The van der Waals surface area contributed by atoms with Crippen molar-refractivity contribution in [2.75, 3.05) is 0 Å². The molecule has 0 radical (unpaired) electrons. The minimum atomic E-state index is -1.68. The molecule has 0 amide bonds. The fraction of sp³-hybridized carbons (Fsp3) is 0.583. The zero-order valence-electron chi connectivity index (χ0n) is 11.0. The van der Waals surface area contributed by atoms with Gasteiger partial charge in [-0.25, -0.2) is 4.98 Å². The zero-order valence-corrected chi connectivity index (χ0v) is 15.1. The van der Waals surface area contributed by atoms with Crippen LogP contribution in [0.25, 0.3) is 0 Å². The summed E-state index contributed by atoms with van der Waals surface area (Å²) in [7, 11) is -1.68. The molecular formula is C12H19Br2NOSi. The highest BCUT2D eigenvalue weighted by Crippen LogP contribution is 2.37. The predicted octanol–water partition coefficient (Wildman–Crippen LogP) is 5.13. The van der Waals surface area contributed by atoms with Gasteiger partial charge < -0.3 is 4.43 Å². The van der Waals surface area contributed by atoms with Gasteiger partial charge >= 0.3 is 0 Å². The summed E-state index contributed by atoms with van der Waals surface area (Å²) in [6.07, 6.45) is 1.79. The third-order valence-electron chi connectivity index (χ3n) is 3.32. The molecule has 1 heterocycles. The van der Waals surface area contributed by atoms with Crippen LogP contribution in [0.1, 0.15) is 26.3 Å². The maximum atomic E-state index is 6.18. The number of hydrogen-bond donors (Lipinski definition) is 0. The second-order valence-electron chi connectivity index (χ2n) is 5.62. The summed E-state index contributed by atoms with van der Waals surface area (Å²) in [6, 6.07) is 1.99. The van der Waals surface area contributed by atoms with Gasteiger partial charge in [-0.15, -0.1) is 0 Å². The van der Waals surface area contributed by atoms with Gasteiger partial charge in [-0.3, -0.25) is 0 Å². The van der Waals surface area contributed by atoms with Crippen LogP contribution >= 0.6 is 31.9 Å². The number of hydrogen-bond acceptors (Lipinski definition) is 2. The van der Waals surface area contributed by atoms with Crippen molar-refractivity contribution in [1.29, 1.82) is 0 Å². The molecule has 0 aromatic carbocycles. The lowest BCUT2D eigenvalue weighted by Gasteiger charge is -2.36. The number of rotatable bonds is 3. The molecule has 96 valence electrons. The summed E-state index contributed by atoms with van der Waals surface area (Å²) in [5, 5.41) is 0.240. The Balaban J connectivity index is 2.78. The average molecular weight is 381 g/mol. The topological polar surface area (TPSA) is 22.1 Å². The molecule has 2 nitrogen and oxygen atoms in total. The van der Waals surface area contributed by atoms with E-state index >= 15 is 0 Å². The summed E-state index contributed by atoms with van der Waals surface area (Å²) in [4.78, 5) is 4.16. The van der Waals surface area contributed by atoms with Crippen LogP contribution in [0.4, 0.5) is 0 Å². The Hall–Kier alpha value is 0.287. The molecule has 1 aromatic rings. The van der Waals surface area contributed by atoms with Crippen LogP contribution < -0.4 is 0 Å². The Kier molecular flexibility index (Phi) is 4.97. The Morgan fingerprint density at radius 1 is 1.29 bits per heavy atom. The molecule has 0 unspecified atom stereocenters. The molecule has 0 aliphatic carbocycles. The van der Waals surface area contributed by atoms with Gasteiger partial charge in [0.15, 0.2) is 8.32 Å². The lowest BCUT2D eigenvalue weighted by molar-refractivity contribution is 0.275. The van der Waals surface area contributed by atoms with Crippen molar-refractivity contribution in [3.63, 3.8) is 0 Å². The summed E-state index contributed by atoms with van der Waals surface area (Å²) in [5.41, 5.74) is 1.14. The molecule has 0 fully saturated rings. The van der Waals surface area contributed by atoms with E-state index in [0.717, 1.165) is 14.6 Å². The fourth-order valence-electron chi connectivity index (χ4n) is 1.04. The van der Waals surface area contributed by atoms with Crippen LogP contribution in [0.3, 0.4) is 0 Å². The predicted molar refractivity (Wildman–Crippen MR) is 81.6 cm³/mol. The molecular weight excluding hydrogens is 362 g/mol. The number of pyridine rings is 1. The first-order valence-electron chi connectivity index (χ1n) is 5.58. The second-order valence-corrected chi connectivity index (χ2v) is 12.0. The molecule has 0 saturated carbocycles. The Morgan fingerprint density at radius 3 is 2.41 bits per heavy atom. The van der Waals surface area contributed by atoms with Crippen LogP contribution in [-0.4, -0.2) is 13.3 Å². The van der Waals surface area contributed by atoms with Gasteiger partial charge in [0, 0.05) is 6.20 Å². The van der Waals surface area contributed by atoms with Gasteiger partial charge in [0.2, 0.25) is 0 Å². The molecule has 0 spiro atoms. The molecule has 1 rings (SSSR count). The van der Waals surface area contributed by atoms with Crippen LogP contribution in [0.5, 0.6) is 0 Å². The van der Waals surface area contributed by atoms with E-state index in [1.165, 1.54) is 0 Å². The van der Waals surface area contributed by atoms with E-state index in [1.54, 1.807) is 6.20 Å². The molecule has 0 aliphatic rings. The van der Waals surface area contributed by atoms with Crippen LogP contribution in [0, 0.1) is 0 Å². The monoisotopic (exact) mass is 379 g/mol. The first-order valence-corrected chi connectivity index (χ1v) is 10.1. The second kappa shape index (κ2) is 5.51. The molecule has 5 heteroatoms. The van der Waals surface area contributed by atoms with Crippen LogP contribution in [0.2, 0.25) is 18.1 Å². The number of halogens is 2. The lowest BCUT2D eigenvalue weighted by Crippen LogP contribution is -2.40. The van der Waals surface area contributed by atoms with E-state index in [2.05, 4.69) is 70.7 Å². The van der Waals surface area contributed by atoms with Crippen molar-refractivity contribution in [3.05, 3.63) is 26.9 Å². The molecule has 1 aromatic heterocycles. The van der Waals surface area contributed by atoms with Crippen molar-refractivity contribution in [2.24, 2.45) is 0 Å². The van der Waals surface area contributed by atoms with E-state index in [1.807, 2.05) is 6.07 Å². The van der Waals surface area contributed by atoms with Crippen molar-refractivity contribution >= 4 is 40.2 Å². The van der Waals surface area contributed by atoms with Crippen LogP contribution in [-0.2, 0) is 11.0 Å². The third-order valence-corrected chi connectivity index (χ3v) is 9.82. The summed E-state index contributed by atoms with van der Waals surface area (Å²) in [5.74, 6) is 0. The van der Waals surface area contributed by atoms with Gasteiger partial charge in [0.05, 0.1) is 11.1 Å². The first-order chi connectivity index (χ1) is 7.65. The van der Waals surface area contributed by atoms with E-state index in [0.29, 0.717) is 6.61 Å². The largest absolute Gasteiger partial charge is 0.413 e. The van der Waals surface area contributed by atoms with E-state index in [-0.39, 0.29) is 5.04 Å². The molecule has 0 bridgehead atoms. The van der Waals surface area contributed by atoms with E-state index < -0.39 is 8.32 Å². The molecule has 17 heavy (non-hydrogen) atoms. The van der Waals surface area contributed by atoms with Gasteiger partial charge in [-0.05, 0) is 61.6 Å². The maximum absolute atomic E-state index is 6.18. The normalized spacial score (nSPS) is 12.9. The highest BCUT2D eigenvalue weighted by molar-refractivity contribution is 9.13. The summed E-state index contributed by atoms with van der Waals surface area (Å²) < 4.78 is 7.99. The lowest BCUT2D eigenvalue weighted by atomic mass is 10.2. The smallest absolute Gasteiger partial charge is 0.192 e. The first kappa shape index (κ1) is 15.3. The van der Waals surface area contributed by atoms with Gasteiger partial charge in [-0.1, -0.05) is 20.8 Å². The van der Waals surface area contributed by atoms with Gasteiger partial charge in [-0.2, -0.15) is 0 Å². The van der Waals surface area contributed by atoms with Gasteiger partial charge in [0.1, 0.15) is 4.60 Å². The number of nitrogens with zero attached hydrogens (tertiary/aromatic N) is 1. The van der Waals surface area contributed by atoms with E-state index in [4.69, 9.17) is 4.43 Å². The van der Waals surface area contributed by atoms with Crippen molar-refractivity contribution in [1.82, 2.24) is 4.98 Å².